The number of rotatable bonds is 0. The molecule has 4 heteroatoms. The molecule has 3 fully saturated rings. The molecule has 108 valence electrons. The zero-order chi connectivity index (χ0) is 14.0. The van der Waals surface area contributed by atoms with E-state index in [1.165, 1.54) is 0 Å². The summed E-state index contributed by atoms with van der Waals surface area (Å²) in [5, 5.41) is 20.9. The monoisotopic (exact) mass is 268 g/mol. The summed E-state index contributed by atoms with van der Waals surface area (Å²) in [5.41, 5.74) is -0.430. The molecule has 0 bridgehead atoms. The molecule has 0 amide bonds. The Hall–Kier alpha value is -0.610. The summed E-state index contributed by atoms with van der Waals surface area (Å²) >= 11 is 0. The highest BCUT2D eigenvalue weighted by Gasteiger charge is 2.63. The van der Waals surface area contributed by atoms with Gasteiger partial charge in [-0.3, -0.25) is 4.79 Å². The number of hydrogen-bond acceptors (Lipinski definition) is 4. The van der Waals surface area contributed by atoms with Crippen LogP contribution in [-0.4, -0.2) is 35.0 Å². The van der Waals surface area contributed by atoms with Crippen molar-refractivity contribution in [2.45, 2.75) is 52.2 Å². The molecule has 0 aromatic heterocycles. The van der Waals surface area contributed by atoms with Crippen molar-refractivity contribution in [3.8, 4) is 0 Å². The first-order valence-corrected chi connectivity index (χ1v) is 7.31. The number of ether oxygens (including phenoxy) is 1. The lowest BCUT2D eigenvalue weighted by molar-refractivity contribution is -0.189. The van der Waals surface area contributed by atoms with E-state index in [1.54, 1.807) is 0 Å². The Morgan fingerprint density at radius 3 is 2.63 bits per heavy atom. The van der Waals surface area contributed by atoms with Gasteiger partial charge in [-0.05, 0) is 36.0 Å². The Morgan fingerprint density at radius 2 is 1.95 bits per heavy atom. The Labute approximate surface area is 114 Å². The molecule has 2 saturated carbocycles. The Bertz CT molecular complexity index is 405. The largest absolute Gasteiger partial charge is 0.465 e. The summed E-state index contributed by atoms with van der Waals surface area (Å²) in [7, 11) is 0. The van der Waals surface area contributed by atoms with Crippen molar-refractivity contribution in [2.24, 2.45) is 28.6 Å². The molecular formula is C15H24O4. The highest BCUT2D eigenvalue weighted by molar-refractivity contribution is 5.75. The van der Waals surface area contributed by atoms with Crippen LogP contribution in [0.2, 0.25) is 0 Å². The van der Waals surface area contributed by atoms with E-state index in [0.29, 0.717) is 13.0 Å². The second-order valence-corrected chi connectivity index (χ2v) is 7.51. The molecule has 1 heterocycles. The van der Waals surface area contributed by atoms with Crippen molar-refractivity contribution >= 4 is 5.97 Å². The number of esters is 1. The van der Waals surface area contributed by atoms with Crippen LogP contribution in [0.15, 0.2) is 0 Å². The standard InChI is InChI=1S/C15H24O4/c1-14(2)11(17)4-5-15(3)9-7-19-13(18)8(9)6-10(16)12(14)15/h8-12,16-17H,4-7H2,1-3H3. The highest BCUT2D eigenvalue weighted by atomic mass is 16.5. The maximum atomic E-state index is 11.8. The van der Waals surface area contributed by atoms with Crippen molar-refractivity contribution in [2.75, 3.05) is 6.61 Å². The summed E-state index contributed by atoms with van der Waals surface area (Å²) in [6.07, 6.45) is 1.18. The zero-order valence-corrected chi connectivity index (χ0v) is 11.9. The maximum Gasteiger partial charge on any atom is 0.309 e. The molecule has 0 aromatic rings. The van der Waals surface area contributed by atoms with Gasteiger partial charge in [0.25, 0.3) is 0 Å². The smallest absolute Gasteiger partial charge is 0.309 e. The third-order valence-electron chi connectivity index (χ3n) is 6.25. The van der Waals surface area contributed by atoms with Gasteiger partial charge < -0.3 is 14.9 Å². The van der Waals surface area contributed by atoms with Gasteiger partial charge in [0.2, 0.25) is 0 Å². The predicted molar refractivity (Wildman–Crippen MR) is 69.2 cm³/mol. The molecular weight excluding hydrogens is 244 g/mol. The fourth-order valence-corrected chi connectivity index (χ4v) is 5.25. The lowest BCUT2D eigenvalue weighted by Crippen LogP contribution is -2.61. The first kappa shape index (κ1) is 13.4. The molecule has 0 aromatic carbocycles. The second-order valence-electron chi connectivity index (χ2n) is 7.51. The molecule has 3 aliphatic rings. The van der Waals surface area contributed by atoms with E-state index < -0.39 is 6.10 Å². The fourth-order valence-electron chi connectivity index (χ4n) is 5.25. The summed E-state index contributed by atoms with van der Waals surface area (Å²) in [4.78, 5) is 11.8. The van der Waals surface area contributed by atoms with E-state index in [-0.39, 0.29) is 40.7 Å². The van der Waals surface area contributed by atoms with E-state index in [4.69, 9.17) is 4.74 Å². The van der Waals surface area contributed by atoms with Crippen LogP contribution in [0.25, 0.3) is 0 Å². The number of aliphatic hydroxyl groups excluding tert-OH is 2. The molecule has 2 aliphatic carbocycles. The number of hydrogen-bond donors (Lipinski definition) is 2. The van der Waals surface area contributed by atoms with Gasteiger partial charge in [-0.1, -0.05) is 20.8 Å². The Balaban J connectivity index is 2.02. The number of aliphatic hydroxyl groups is 2. The Kier molecular flexibility index (Phi) is 2.78. The highest BCUT2D eigenvalue weighted by Crippen LogP contribution is 2.62. The quantitative estimate of drug-likeness (QED) is 0.651. The van der Waals surface area contributed by atoms with Crippen molar-refractivity contribution in [3.05, 3.63) is 0 Å². The van der Waals surface area contributed by atoms with E-state index in [9.17, 15) is 15.0 Å². The van der Waals surface area contributed by atoms with Gasteiger partial charge in [0, 0.05) is 5.92 Å². The van der Waals surface area contributed by atoms with Gasteiger partial charge in [0.1, 0.15) is 0 Å². The minimum atomic E-state index is -0.526. The van der Waals surface area contributed by atoms with Crippen LogP contribution >= 0.6 is 0 Å². The zero-order valence-electron chi connectivity index (χ0n) is 11.9. The fraction of sp³-hybridized carbons (Fsp3) is 0.933. The molecule has 3 rings (SSSR count). The van der Waals surface area contributed by atoms with Gasteiger partial charge in [0.05, 0.1) is 24.7 Å². The van der Waals surface area contributed by atoms with Gasteiger partial charge in [-0.2, -0.15) is 0 Å². The van der Waals surface area contributed by atoms with Gasteiger partial charge >= 0.3 is 5.97 Å². The summed E-state index contributed by atoms with van der Waals surface area (Å²) < 4.78 is 5.24. The van der Waals surface area contributed by atoms with Crippen LogP contribution in [0.3, 0.4) is 0 Å². The van der Waals surface area contributed by atoms with Crippen LogP contribution in [0, 0.1) is 28.6 Å². The van der Waals surface area contributed by atoms with Crippen LogP contribution in [0.4, 0.5) is 0 Å². The van der Waals surface area contributed by atoms with E-state index in [1.807, 2.05) is 13.8 Å². The van der Waals surface area contributed by atoms with Crippen molar-refractivity contribution in [3.63, 3.8) is 0 Å². The first-order chi connectivity index (χ1) is 8.78. The first-order valence-electron chi connectivity index (χ1n) is 7.31. The van der Waals surface area contributed by atoms with E-state index in [0.717, 1.165) is 12.8 Å². The second kappa shape index (κ2) is 3.95. The SMILES string of the molecule is CC1(C)C(O)CCC2(C)C3COC(=O)C3CC(O)C12. The van der Waals surface area contributed by atoms with Crippen LogP contribution < -0.4 is 0 Å². The molecule has 4 nitrogen and oxygen atoms in total. The molecule has 0 radical (unpaired) electrons. The Morgan fingerprint density at radius 1 is 1.26 bits per heavy atom. The molecule has 6 unspecified atom stereocenters. The van der Waals surface area contributed by atoms with Crippen LogP contribution in [-0.2, 0) is 9.53 Å². The number of carbonyl (C=O) groups excluding carboxylic acids is 1. The molecule has 19 heavy (non-hydrogen) atoms. The lowest BCUT2D eigenvalue weighted by Gasteiger charge is -2.60. The van der Waals surface area contributed by atoms with Gasteiger partial charge in [0.15, 0.2) is 0 Å². The van der Waals surface area contributed by atoms with E-state index in [2.05, 4.69) is 6.92 Å². The molecule has 2 N–H and O–H groups in total. The third kappa shape index (κ3) is 1.62. The van der Waals surface area contributed by atoms with Crippen molar-refractivity contribution < 1.29 is 19.7 Å². The van der Waals surface area contributed by atoms with Crippen molar-refractivity contribution in [1.29, 1.82) is 0 Å². The summed E-state index contributed by atoms with van der Waals surface area (Å²) in [6.45, 7) is 6.74. The van der Waals surface area contributed by atoms with Crippen LogP contribution in [0.5, 0.6) is 0 Å². The maximum absolute atomic E-state index is 11.8. The van der Waals surface area contributed by atoms with E-state index >= 15 is 0 Å². The van der Waals surface area contributed by atoms with Gasteiger partial charge in [-0.25, -0.2) is 0 Å². The topological polar surface area (TPSA) is 66.8 Å². The number of cyclic esters (lactones) is 1. The summed E-state index contributed by atoms with van der Waals surface area (Å²) in [5.74, 6) is -0.0744. The minimum absolute atomic E-state index is 0.0273. The molecule has 1 saturated heterocycles. The number of fused-ring (bicyclic) bond motifs is 3. The number of carbonyl (C=O) groups is 1. The average molecular weight is 268 g/mol. The minimum Gasteiger partial charge on any atom is -0.465 e. The third-order valence-corrected chi connectivity index (χ3v) is 6.25. The molecule has 6 atom stereocenters. The lowest BCUT2D eigenvalue weighted by atomic mass is 9.45. The predicted octanol–water partition coefficient (Wildman–Crippen LogP) is 1.34. The van der Waals surface area contributed by atoms with Gasteiger partial charge in [-0.15, -0.1) is 0 Å². The summed E-state index contributed by atoms with van der Waals surface area (Å²) in [6, 6.07) is 0. The molecule has 0 spiro atoms. The normalized spacial score (nSPS) is 52.3. The molecule has 1 aliphatic heterocycles. The van der Waals surface area contributed by atoms with Crippen molar-refractivity contribution in [1.82, 2.24) is 0 Å². The average Bonchev–Trinajstić information content (AvgIpc) is 2.67. The van der Waals surface area contributed by atoms with Crippen LogP contribution in [0.1, 0.15) is 40.0 Å².